The van der Waals surface area contributed by atoms with Gasteiger partial charge in [-0.25, -0.2) is 0 Å². The number of likely N-dealkylation sites (tertiary alicyclic amines) is 1. The van der Waals surface area contributed by atoms with E-state index in [2.05, 4.69) is 20.8 Å². The Morgan fingerprint density at radius 1 is 1.09 bits per heavy atom. The molecule has 1 aromatic heterocycles. The number of aryl methyl sites for hydroxylation is 1. The number of rotatable bonds is 5. The van der Waals surface area contributed by atoms with Crippen LogP contribution in [0.2, 0.25) is 0 Å². The number of amides is 1. The summed E-state index contributed by atoms with van der Waals surface area (Å²) >= 11 is 1.52. The van der Waals surface area contributed by atoms with Crippen LogP contribution in [0.5, 0.6) is 5.75 Å². The predicted molar refractivity (Wildman–Crippen MR) is 135 cm³/mol. The highest BCUT2D eigenvalue weighted by Gasteiger charge is 2.47. The van der Waals surface area contributed by atoms with Crippen LogP contribution in [0.3, 0.4) is 0 Å². The summed E-state index contributed by atoms with van der Waals surface area (Å²) in [7, 11) is 1.56. The van der Waals surface area contributed by atoms with Crippen LogP contribution in [0.4, 0.5) is 0 Å². The molecule has 176 valence electrons. The molecule has 4 rings (SSSR count). The molecule has 1 unspecified atom stereocenters. The number of aliphatic hydroxyl groups is 1. The second kappa shape index (κ2) is 9.11. The molecule has 1 saturated heterocycles. The molecule has 5 nitrogen and oxygen atoms in total. The third-order valence-electron chi connectivity index (χ3n) is 6.24. The van der Waals surface area contributed by atoms with Crippen LogP contribution in [0.1, 0.15) is 53.9 Å². The van der Waals surface area contributed by atoms with Crippen molar-refractivity contribution in [3.8, 4) is 5.75 Å². The molecular formula is C28H29NO4S. The van der Waals surface area contributed by atoms with E-state index in [4.69, 9.17) is 4.74 Å². The highest BCUT2D eigenvalue weighted by molar-refractivity contribution is 7.09. The minimum atomic E-state index is -0.768. The minimum absolute atomic E-state index is 0.0835. The summed E-state index contributed by atoms with van der Waals surface area (Å²) in [6, 6.07) is 16.3. The van der Waals surface area contributed by atoms with Gasteiger partial charge in [0.25, 0.3) is 11.7 Å². The molecule has 1 N–H and O–H groups in total. The van der Waals surface area contributed by atoms with Crippen molar-refractivity contribution >= 4 is 28.8 Å². The first-order valence-electron chi connectivity index (χ1n) is 11.2. The monoisotopic (exact) mass is 475 g/mol. The third kappa shape index (κ3) is 4.26. The zero-order chi connectivity index (χ0) is 24.6. The number of Topliss-reactive ketones (excluding diaryl/α,β-unsaturated/α-hetero) is 1. The van der Waals surface area contributed by atoms with Crippen molar-refractivity contribution < 1.29 is 19.4 Å². The number of hydrogen-bond donors (Lipinski definition) is 1. The maximum atomic E-state index is 13.4. The van der Waals surface area contributed by atoms with Gasteiger partial charge in [-0.2, -0.15) is 0 Å². The maximum absolute atomic E-state index is 13.4. The molecule has 0 aliphatic carbocycles. The highest BCUT2D eigenvalue weighted by Crippen LogP contribution is 2.44. The zero-order valence-electron chi connectivity index (χ0n) is 20.1. The van der Waals surface area contributed by atoms with Crippen molar-refractivity contribution in [1.29, 1.82) is 0 Å². The number of aliphatic hydroxyl groups excluding tert-OH is 1. The molecule has 2 heterocycles. The molecule has 3 aromatic rings. The van der Waals surface area contributed by atoms with Crippen LogP contribution >= 0.6 is 11.3 Å². The highest BCUT2D eigenvalue weighted by atomic mass is 32.1. The summed E-state index contributed by atoms with van der Waals surface area (Å²) in [4.78, 5) is 29.1. The Balaban J connectivity index is 1.95. The molecule has 6 heteroatoms. The molecule has 0 saturated carbocycles. The first-order chi connectivity index (χ1) is 16.1. The number of carbonyl (C=O) groups is 2. The van der Waals surface area contributed by atoms with Crippen LogP contribution < -0.4 is 4.74 Å². The smallest absolute Gasteiger partial charge is 0.295 e. The number of thiophene rings is 1. The number of benzene rings is 2. The van der Waals surface area contributed by atoms with Crippen molar-refractivity contribution in [2.24, 2.45) is 0 Å². The third-order valence-corrected chi connectivity index (χ3v) is 7.10. The number of ketones is 1. The molecule has 0 radical (unpaired) electrons. The molecular weight excluding hydrogens is 446 g/mol. The second-order valence-electron chi connectivity index (χ2n) is 9.53. The second-order valence-corrected chi connectivity index (χ2v) is 10.6. The van der Waals surface area contributed by atoms with E-state index >= 15 is 0 Å². The quantitative estimate of drug-likeness (QED) is 0.280. The van der Waals surface area contributed by atoms with E-state index in [1.54, 1.807) is 13.2 Å². The molecule has 1 atom stereocenters. The van der Waals surface area contributed by atoms with Crippen molar-refractivity contribution in [3.63, 3.8) is 0 Å². The average molecular weight is 476 g/mol. The lowest BCUT2D eigenvalue weighted by molar-refractivity contribution is -0.140. The Kier molecular flexibility index (Phi) is 6.36. The van der Waals surface area contributed by atoms with Gasteiger partial charge in [0, 0.05) is 16.0 Å². The number of methoxy groups -OCH3 is 1. The number of para-hydroxylation sites is 1. The van der Waals surface area contributed by atoms with E-state index < -0.39 is 17.7 Å². The van der Waals surface area contributed by atoms with Gasteiger partial charge >= 0.3 is 0 Å². The first-order valence-corrected chi connectivity index (χ1v) is 12.1. The largest absolute Gasteiger partial charge is 0.507 e. The summed E-state index contributed by atoms with van der Waals surface area (Å²) < 4.78 is 5.58. The predicted octanol–water partition coefficient (Wildman–Crippen LogP) is 5.98. The first kappa shape index (κ1) is 23.8. The lowest BCUT2D eigenvalue weighted by Gasteiger charge is -2.26. The molecule has 34 heavy (non-hydrogen) atoms. The van der Waals surface area contributed by atoms with Gasteiger partial charge in [-0.1, -0.05) is 57.2 Å². The van der Waals surface area contributed by atoms with Gasteiger partial charge in [0.2, 0.25) is 0 Å². The van der Waals surface area contributed by atoms with E-state index in [0.717, 1.165) is 16.0 Å². The summed E-state index contributed by atoms with van der Waals surface area (Å²) in [5.74, 6) is -0.927. The van der Waals surface area contributed by atoms with Gasteiger partial charge in [0.05, 0.1) is 25.3 Å². The molecule has 2 aromatic carbocycles. The molecule has 1 aliphatic heterocycles. The maximum Gasteiger partial charge on any atom is 0.295 e. The zero-order valence-corrected chi connectivity index (χ0v) is 20.9. The SMILES string of the molecule is COc1ccccc1C1/C(=C(\O)c2cc(C(C)(C)C)ccc2C)C(=O)C(=O)N1Cc1cccs1. The fourth-order valence-electron chi connectivity index (χ4n) is 4.32. The summed E-state index contributed by atoms with van der Waals surface area (Å²) in [5.41, 5.74) is 3.01. The normalized spacial score (nSPS) is 17.9. The number of ether oxygens (including phenoxy) is 1. The molecule has 1 fully saturated rings. The molecule has 0 bridgehead atoms. The van der Waals surface area contributed by atoms with Crippen LogP contribution in [0.15, 0.2) is 65.6 Å². The lowest BCUT2D eigenvalue weighted by Crippen LogP contribution is -2.29. The van der Waals surface area contributed by atoms with Crippen molar-refractivity contribution in [2.45, 2.75) is 45.7 Å². The molecule has 1 aliphatic rings. The lowest BCUT2D eigenvalue weighted by atomic mass is 9.84. The minimum Gasteiger partial charge on any atom is -0.507 e. The van der Waals surface area contributed by atoms with Crippen molar-refractivity contribution in [1.82, 2.24) is 4.90 Å². The van der Waals surface area contributed by atoms with Gasteiger partial charge in [-0.05, 0) is 47.0 Å². The number of hydrogen-bond acceptors (Lipinski definition) is 5. The Labute approximate surface area is 204 Å². The standard InChI is InChI=1S/C28H29NO4S/c1-17-12-13-18(28(2,3)4)15-21(17)25(30)23-24(20-10-6-7-11-22(20)33-5)29(27(32)26(23)31)16-19-9-8-14-34-19/h6-15,24,30H,16H2,1-5H3/b25-23+. The Morgan fingerprint density at radius 2 is 1.82 bits per heavy atom. The number of nitrogens with zero attached hydrogens (tertiary/aromatic N) is 1. The van der Waals surface area contributed by atoms with Gasteiger partial charge in [0.15, 0.2) is 0 Å². The van der Waals surface area contributed by atoms with Gasteiger partial charge in [-0.3, -0.25) is 9.59 Å². The Bertz CT molecular complexity index is 1270. The Morgan fingerprint density at radius 3 is 2.47 bits per heavy atom. The number of carbonyl (C=O) groups excluding carboxylic acids is 2. The van der Waals surface area contributed by atoms with Crippen molar-refractivity contribution in [3.05, 3.63) is 92.7 Å². The fraction of sp³-hybridized carbons (Fsp3) is 0.286. The van der Waals surface area contributed by atoms with Crippen LogP contribution in [0, 0.1) is 6.92 Å². The van der Waals surface area contributed by atoms with E-state index in [9.17, 15) is 14.7 Å². The Hall–Kier alpha value is -3.38. The van der Waals surface area contributed by atoms with Crippen LogP contribution in [-0.2, 0) is 21.5 Å². The van der Waals surface area contributed by atoms with Crippen molar-refractivity contribution in [2.75, 3.05) is 7.11 Å². The van der Waals surface area contributed by atoms with E-state index in [-0.39, 0.29) is 23.3 Å². The summed E-state index contributed by atoms with van der Waals surface area (Å²) in [6.45, 7) is 8.44. The van der Waals surface area contributed by atoms with Gasteiger partial charge < -0.3 is 14.7 Å². The van der Waals surface area contributed by atoms with Gasteiger partial charge in [-0.15, -0.1) is 11.3 Å². The van der Waals surface area contributed by atoms with E-state index in [0.29, 0.717) is 16.9 Å². The summed E-state index contributed by atoms with van der Waals surface area (Å²) in [6.07, 6.45) is 0. The van der Waals surface area contributed by atoms with Crippen LogP contribution in [-0.4, -0.2) is 28.8 Å². The fourth-order valence-corrected chi connectivity index (χ4v) is 5.02. The topological polar surface area (TPSA) is 66.8 Å². The van der Waals surface area contributed by atoms with Crippen LogP contribution in [0.25, 0.3) is 5.76 Å². The van der Waals surface area contributed by atoms with E-state index in [1.165, 1.54) is 16.2 Å². The molecule has 1 amide bonds. The summed E-state index contributed by atoms with van der Waals surface area (Å²) in [5, 5.41) is 13.5. The molecule has 0 spiro atoms. The van der Waals surface area contributed by atoms with Gasteiger partial charge in [0.1, 0.15) is 11.5 Å². The van der Waals surface area contributed by atoms with E-state index in [1.807, 2.05) is 60.8 Å². The average Bonchev–Trinajstić information content (AvgIpc) is 3.40.